The van der Waals surface area contributed by atoms with E-state index < -0.39 is 0 Å². The molecule has 0 spiro atoms. The minimum Gasteiger partial charge on any atom is -0.380 e. The van der Waals surface area contributed by atoms with Crippen LogP contribution in [0.1, 0.15) is 25.8 Å². The number of nitrogens with one attached hydrogen (secondary N) is 1. The van der Waals surface area contributed by atoms with Crippen molar-refractivity contribution in [2.45, 2.75) is 26.0 Å². The monoisotopic (exact) mass is 352 g/mol. The van der Waals surface area contributed by atoms with Crippen molar-refractivity contribution in [3.05, 3.63) is 29.8 Å². The highest BCUT2D eigenvalue weighted by molar-refractivity contribution is 8.38. The van der Waals surface area contributed by atoms with Gasteiger partial charge < -0.3 is 10.1 Å². The number of amides is 1. The summed E-state index contributed by atoms with van der Waals surface area (Å²) in [5.74, 6) is 2.01. The van der Waals surface area contributed by atoms with Crippen LogP contribution in [0.15, 0.2) is 29.3 Å². The van der Waals surface area contributed by atoms with Crippen molar-refractivity contribution in [2.24, 2.45) is 10.9 Å². The summed E-state index contributed by atoms with van der Waals surface area (Å²) in [7, 11) is 0. The number of hydrogen-bond acceptors (Lipinski definition) is 5. The number of para-hydroxylation sites is 1. The molecule has 0 bridgehead atoms. The van der Waals surface area contributed by atoms with Gasteiger partial charge in [-0.1, -0.05) is 55.6 Å². The molecular weight excluding hydrogens is 328 g/mol. The second-order valence-electron chi connectivity index (χ2n) is 5.73. The van der Waals surface area contributed by atoms with Crippen molar-refractivity contribution in [1.29, 1.82) is 0 Å². The Morgan fingerprint density at radius 2 is 2.22 bits per heavy atom. The Balaban J connectivity index is 1.61. The van der Waals surface area contributed by atoms with Crippen LogP contribution in [0, 0.1) is 5.92 Å². The number of benzene rings is 1. The summed E-state index contributed by atoms with van der Waals surface area (Å²) in [5, 5.41) is 2.88. The van der Waals surface area contributed by atoms with Gasteiger partial charge >= 0.3 is 0 Å². The quantitative estimate of drug-likeness (QED) is 0.722. The van der Waals surface area contributed by atoms with Gasteiger partial charge in [0.1, 0.15) is 4.38 Å². The maximum Gasteiger partial charge on any atom is 0.230 e. The number of carbonyl (C=O) groups excluding carboxylic acids is 1. The van der Waals surface area contributed by atoms with Crippen LogP contribution in [0.25, 0.3) is 0 Å². The van der Waals surface area contributed by atoms with Gasteiger partial charge in [0.25, 0.3) is 0 Å². The standard InChI is InChI=1S/C17H24N2O2S2/c1-13(2)7-9-21-10-8-18-16(20)12-23-17-19-15-6-4-3-5-14(15)11-22-17/h3-6,13H,7-12H2,1-2H3,(H,18,20). The normalized spacial score (nSPS) is 13.6. The Kier molecular flexibility index (Phi) is 7.99. The second kappa shape index (κ2) is 10.0. The van der Waals surface area contributed by atoms with Crippen LogP contribution in [-0.2, 0) is 15.3 Å². The predicted molar refractivity (Wildman–Crippen MR) is 101 cm³/mol. The molecule has 0 aromatic heterocycles. The van der Waals surface area contributed by atoms with E-state index in [2.05, 4.69) is 30.2 Å². The summed E-state index contributed by atoms with van der Waals surface area (Å²) in [6.45, 7) is 6.25. The minimum atomic E-state index is 0.0321. The molecule has 126 valence electrons. The van der Waals surface area contributed by atoms with Crippen molar-refractivity contribution in [3.63, 3.8) is 0 Å². The molecule has 1 aliphatic rings. The number of ether oxygens (including phenoxy) is 1. The smallest absolute Gasteiger partial charge is 0.230 e. The molecule has 0 saturated heterocycles. The number of rotatable bonds is 8. The molecule has 1 heterocycles. The Labute approximate surface area is 146 Å². The summed E-state index contributed by atoms with van der Waals surface area (Å²) >= 11 is 3.20. The highest BCUT2D eigenvalue weighted by Crippen LogP contribution is 2.34. The summed E-state index contributed by atoms with van der Waals surface area (Å²) in [6.07, 6.45) is 1.06. The van der Waals surface area contributed by atoms with Gasteiger partial charge in [0.15, 0.2) is 0 Å². The first-order valence-electron chi connectivity index (χ1n) is 7.92. The zero-order chi connectivity index (χ0) is 16.5. The molecule has 0 saturated carbocycles. The van der Waals surface area contributed by atoms with Crippen molar-refractivity contribution in [2.75, 3.05) is 25.5 Å². The van der Waals surface area contributed by atoms with Gasteiger partial charge in [0, 0.05) is 18.9 Å². The zero-order valence-corrected chi connectivity index (χ0v) is 15.3. The lowest BCUT2D eigenvalue weighted by atomic mass is 10.1. The van der Waals surface area contributed by atoms with E-state index in [1.54, 1.807) is 11.8 Å². The number of aliphatic imine (C=N–C) groups is 1. The molecule has 0 unspecified atom stereocenters. The number of thioether (sulfide) groups is 2. The van der Waals surface area contributed by atoms with Gasteiger partial charge in [-0.2, -0.15) is 0 Å². The van der Waals surface area contributed by atoms with E-state index in [4.69, 9.17) is 4.74 Å². The van der Waals surface area contributed by atoms with Crippen molar-refractivity contribution < 1.29 is 9.53 Å². The van der Waals surface area contributed by atoms with Crippen LogP contribution in [0.5, 0.6) is 0 Å². The molecular formula is C17H24N2O2S2. The number of fused-ring (bicyclic) bond motifs is 1. The van der Waals surface area contributed by atoms with Gasteiger partial charge in [-0.3, -0.25) is 4.79 Å². The average molecular weight is 353 g/mol. The van der Waals surface area contributed by atoms with Gasteiger partial charge in [-0.05, 0) is 24.0 Å². The first-order valence-corrected chi connectivity index (χ1v) is 9.89. The average Bonchev–Trinajstić information content (AvgIpc) is 2.55. The van der Waals surface area contributed by atoms with Crippen LogP contribution in [0.2, 0.25) is 0 Å². The molecule has 0 atom stereocenters. The summed E-state index contributed by atoms with van der Waals surface area (Å²) in [6, 6.07) is 8.14. The number of carbonyl (C=O) groups is 1. The van der Waals surface area contributed by atoms with Crippen LogP contribution >= 0.6 is 23.5 Å². The largest absolute Gasteiger partial charge is 0.380 e. The van der Waals surface area contributed by atoms with Gasteiger partial charge in [0.05, 0.1) is 18.0 Å². The lowest BCUT2D eigenvalue weighted by Crippen LogP contribution is -2.29. The van der Waals surface area contributed by atoms with Gasteiger partial charge in [-0.25, -0.2) is 4.99 Å². The third kappa shape index (κ3) is 6.97. The topological polar surface area (TPSA) is 50.7 Å². The van der Waals surface area contributed by atoms with Crippen LogP contribution in [-0.4, -0.2) is 35.8 Å². The molecule has 1 aromatic carbocycles. The fourth-order valence-electron chi connectivity index (χ4n) is 1.95. The summed E-state index contributed by atoms with van der Waals surface area (Å²) in [4.78, 5) is 16.4. The molecule has 0 radical (unpaired) electrons. The maximum atomic E-state index is 11.8. The summed E-state index contributed by atoms with van der Waals surface area (Å²) in [5.41, 5.74) is 2.28. The van der Waals surface area contributed by atoms with Gasteiger partial charge in [0.2, 0.25) is 5.91 Å². The molecule has 2 rings (SSSR count). The lowest BCUT2D eigenvalue weighted by molar-refractivity contribution is -0.118. The van der Waals surface area contributed by atoms with E-state index >= 15 is 0 Å². The third-order valence-corrected chi connectivity index (χ3v) is 5.53. The fraction of sp³-hybridized carbons (Fsp3) is 0.529. The van der Waals surface area contributed by atoms with E-state index in [1.165, 1.54) is 17.3 Å². The highest BCUT2D eigenvalue weighted by atomic mass is 32.2. The third-order valence-electron chi connectivity index (χ3n) is 3.29. The van der Waals surface area contributed by atoms with E-state index in [9.17, 15) is 4.79 Å². The van der Waals surface area contributed by atoms with E-state index in [-0.39, 0.29) is 5.91 Å². The lowest BCUT2D eigenvalue weighted by Gasteiger charge is -2.14. The SMILES string of the molecule is CC(C)CCOCCNC(=O)CSC1=Nc2ccccc2CS1. The molecule has 1 aromatic rings. The highest BCUT2D eigenvalue weighted by Gasteiger charge is 2.13. The number of hydrogen-bond donors (Lipinski definition) is 1. The van der Waals surface area contributed by atoms with E-state index in [0.717, 1.165) is 28.8 Å². The Morgan fingerprint density at radius 1 is 1.39 bits per heavy atom. The van der Waals surface area contributed by atoms with Crippen LogP contribution in [0.4, 0.5) is 5.69 Å². The van der Waals surface area contributed by atoms with Crippen molar-refractivity contribution in [3.8, 4) is 0 Å². The zero-order valence-electron chi connectivity index (χ0n) is 13.7. The molecule has 4 nitrogen and oxygen atoms in total. The van der Waals surface area contributed by atoms with Crippen molar-refractivity contribution >= 4 is 39.5 Å². The van der Waals surface area contributed by atoms with E-state index in [0.29, 0.717) is 24.8 Å². The molecule has 1 aliphatic heterocycles. The van der Waals surface area contributed by atoms with Gasteiger partial charge in [-0.15, -0.1) is 0 Å². The van der Waals surface area contributed by atoms with E-state index in [1.807, 2.05) is 18.2 Å². The molecule has 0 aliphatic carbocycles. The number of nitrogens with zero attached hydrogens (tertiary/aromatic N) is 1. The Hall–Kier alpha value is -0.980. The van der Waals surface area contributed by atoms with Crippen LogP contribution < -0.4 is 5.32 Å². The van der Waals surface area contributed by atoms with Crippen molar-refractivity contribution in [1.82, 2.24) is 5.32 Å². The molecule has 6 heteroatoms. The first kappa shape index (κ1) is 18.4. The predicted octanol–water partition coefficient (Wildman–Crippen LogP) is 3.83. The minimum absolute atomic E-state index is 0.0321. The maximum absolute atomic E-state index is 11.8. The molecule has 0 fully saturated rings. The summed E-state index contributed by atoms with van der Waals surface area (Å²) < 4.78 is 6.44. The Morgan fingerprint density at radius 3 is 3.04 bits per heavy atom. The second-order valence-corrected chi connectivity index (χ2v) is 7.92. The Bertz CT molecular complexity index is 547. The van der Waals surface area contributed by atoms with Crippen LogP contribution in [0.3, 0.4) is 0 Å². The molecule has 1 N–H and O–H groups in total. The molecule has 23 heavy (non-hydrogen) atoms. The fourth-order valence-corrected chi connectivity index (χ4v) is 3.84. The first-order chi connectivity index (χ1) is 11.1. The molecule has 1 amide bonds.